The van der Waals surface area contributed by atoms with Crippen LogP contribution in [0.25, 0.3) is 11.1 Å². The summed E-state index contributed by atoms with van der Waals surface area (Å²) >= 11 is 0. The topological polar surface area (TPSA) is 114 Å². The van der Waals surface area contributed by atoms with Crippen molar-refractivity contribution in [1.82, 2.24) is 5.32 Å². The van der Waals surface area contributed by atoms with Crippen molar-refractivity contribution in [2.75, 3.05) is 25.6 Å². The maximum Gasteiger partial charge on any atom is 0.407 e. The van der Waals surface area contributed by atoms with Gasteiger partial charge in [0.15, 0.2) is 0 Å². The standard InChI is InChI=1S/C26H24N2O6/c1-33-23-11-10-16(25(30)31)14-22(23)28-24(29)12-13-27-26(32)34-15-21-19-8-4-2-6-17(19)18-7-3-5-9-20(18)21/h2-11,14,21H,12-13,15H2,1H3,(H,27,32)(H,28,29)(H,30,31). The zero-order valence-corrected chi connectivity index (χ0v) is 18.5. The highest BCUT2D eigenvalue weighted by atomic mass is 16.5. The number of alkyl carbamates (subject to hydrolysis) is 1. The summed E-state index contributed by atoms with van der Waals surface area (Å²) < 4.78 is 10.6. The first-order valence-electron chi connectivity index (χ1n) is 10.8. The third kappa shape index (κ3) is 4.85. The van der Waals surface area contributed by atoms with Crippen LogP contribution in [0.4, 0.5) is 10.5 Å². The van der Waals surface area contributed by atoms with Crippen molar-refractivity contribution in [3.05, 3.63) is 83.4 Å². The van der Waals surface area contributed by atoms with E-state index in [-0.39, 0.29) is 36.7 Å². The number of rotatable bonds is 8. The first-order valence-corrected chi connectivity index (χ1v) is 10.8. The lowest BCUT2D eigenvalue weighted by Gasteiger charge is -2.15. The summed E-state index contributed by atoms with van der Waals surface area (Å²) in [5.74, 6) is -1.23. The van der Waals surface area contributed by atoms with Crippen LogP contribution in [-0.4, -0.2) is 43.3 Å². The van der Waals surface area contributed by atoms with Gasteiger partial charge in [-0.2, -0.15) is 0 Å². The molecule has 0 aliphatic heterocycles. The Balaban J connectivity index is 1.28. The van der Waals surface area contributed by atoms with Gasteiger partial charge < -0.3 is 25.2 Å². The maximum absolute atomic E-state index is 12.3. The van der Waals surface area contributed by atoms with Crippen molar-refractivity contribution in [3.8, 4) is 16.9 Å². The second kappa shape index (κ2) is 10.1. The largest absolute Gasteiger partial charge is 0.495 e. The maximum atomic E-state index is 12.3. The Morgan fingerprint density at radius 1 is 0.941 bits per heavy atom. The van der Waals surface area contributed by atoms with E-state index in [1.807, 2.05) is 36.4 Å². The van der Waals surface area contributed by atoms with Gasteiger partial charge in [-0.3, -0.25) is 4.79 Å². The highest BCUT2D eigenvalue weighted by molar-refractivity contribution is 5.95. The fourth-order valence-corrected chi connectivity index (χ4v) is 4.08. The number of methoxy groups -OCH3 is 1. The third-order valence-corrected chi connectivity index (χ3v) is 5.69. The Kier molecular flexibility index (Phi) is 6.77. The SMILES string of the molecule is COc1ccc(C(=O)O)cc1NC(=O)CCNC(=O)OCC1c2ccccc2-c2ccccc21. The van der Waals surface area contributed by atoms with Gasteiger partial charge in [0.2, 0.25) is 5.91 Å². The molecule has 0 bridgehead atoms. The van der Waals surface area contributed by atoms with Crippen molar-refractivity contribution in [3.63, 3.8) is 0 Å². The Labute approximate surface area is 196 Å². The molecule has 0 spiro atoms. The van der Waals surface area contributed by atoms with Gasteiger partial charge in [0.1, 0.15) is 12.4 Å². The number of ether oxygens (including phenoxy) is 2. The highest BCUT2D eigenvalue weighted by Gasteiger charge is 2.29. The van der Waals surface area contributed by atoms with E-state index >= 15 is 0 Å². The molecule has 1 aliphatic rings. The first kappa shape index (κ1) is 22.8. The van der Waals surface area contributed by atoms with Crippen molar-refractivity contribution in [2.24, 2.45) is 0 Å². The average Bonchev–Trinajstić information content (AvgIpc) is 3.16. The second-order valence-electron chi connectivity index (χ2n) is 7.77. The second-order valence-corrected chi connectivity index (χ2v) is 7.77. The Morgan fingerprint density at radius 2 is 1.59 bits per heavy atom. The zero-order chi connectivity index (χ0) is 24.1. The van der Waals surface area contributed by atoms with Crippen LogP contribution in [0.15, 0.2) is 66.7 Å². The van der Waals surface area contributed by atoms with E-state index in [9.17, 15) is 14.4 Å². The van der Waals surface area contributed by atoms with Gasteiger partial charge in [0, 0.05) is 18.9 Å². The fraction of sp³-hybridized carbons (Fsp3) is 0.192. The van der Waals surface area contributed by atoms with Gasteiger partial charge in [-0.05, 0) is 40.5 Å². The van der Waals surface area contributed by atoms with E-state index in [1.54, 1.807) is 0 Å². The normalized spacial score (nSPS) is 11.8. The summed E-state index contributed by atoms with van der Waals surface area (Å²) in [5, 5.41) is 14.3. The van der Waals surface area contributed by atoms with Crippen LogP contribution in [0.2, 0.25) is 0 Å². The number of carbonyl (C=O) groups is 3. The summed E-state index contributed by atoms with van der Waals surface area (Å²) in [6.07, 6.45) is -0.634. The molecular formula is C26H24N2O6. The molecule has 8 heteroatoms. The molecule has 1 aliphatic carbocycles. The molecule has 3 aromatic rings. The number of anilines is 1. The van der Waals surface area contributed by atoms with E-state index in [4.69, 9.17) is 14.6 Å². The summed E-state index contributed by atoms with van der Waals surface area (Å²) in [5.41, 5.74) is 4.79. The molecule has 0 radical (unpaired) electrons. The minimum absolute atomic E-state index is 0.0212. The van der Waals surface area contributed by atoms with E-state index in [0.717, 1.165) is 22.3 Å². The first-order chi connectivity index (χ1) is 16.5. The predicted molar refractivity (Wildman–Crippen MR) is 126 cm³/mol. The van der Waals surface area contributed by atoms with Gasteiger partial charge in [0.25, 0.3) is 0 Å². The smallest absolute Gasteiger partial charge is 0.407 e. The molecule has 0 atom stereocenters. The van der Waals surface area contributed by atoms with Crippen molar-refractivity contribution >= 4 is 23.7 Å². The predicted octanol–water partition coefficient (Wildman–Crippen LogP) is 4.26. The fourth-order valence-electron chi connectivity index (χ4n) is 4.08. The van der Waals surface area contributed by atoms with Gasteiger partial charge in [0.05, 0.1) is 18.4 Å². The molecule has 0 aromatic heterocycles. The van der Waals surface area contributed by atoms with E-state index in [2.05, 4.69) is 22.8 Å². The summed E-state index contributed by atoms with van der Waals surface area (Å²) in [6, 6.07) is 20.3. The molecule has 34 heavy (non-hydrogen) atoms. The van der Waals surface area contributed by atoms with Crippen LogP contribution in [0, 0.1) is 0 Å². The number of hydrogen-bond donors (Lipinski definition) is 3. The molecule has 0 fully saturated rings. The molecule has 0 unspecified atom stereocenters. The van der Waals surface area contributed by atoms with Gasteiger partial charge in [-0.1, -0.05) is 48.5 Å². The van der Waals surface area contributed by atoms with E-state index in [0.29, 0.717) is 5.75 Å². The van der Waals surface area contributed by atoms with Crippen molar-refractivity contribution in [1.29, 1.82) is 0 Å². The molecular weight excluding hydrogens is 436 g/mol. The van der Waals surface area contributed by atoms with Crippen LogP contribution >= 0.6 is 0 Å². The van der Waals surface area contributed by atoms with Crippen LogP contribution in [0.3, 0.4) is 0 Å². The van der Waals surface area contributed by atoms with Gasteiger partial charge in [-0.15, -0.1) is 0 Å². The summed E-state index contributed by atoms with van der Waals surface area (Å²) in [4.78, 5) is 35.7. The average molecular weight is 460 g/mol. The Bertz CT molecular complexity index is 1190. The molecule has 4 rings (SSSR count). The summed E-state index contributed by atoms with van der Waals surface area (Å²) in [7, 11) is 1.42. The number of fused-ring (bicyclic) bond motifs is 3. The van der Waals surface area contributed by atoms with E-state index < -0.39 is 18.0 Å². The molecule has 3 N–H and O–H groups in total. The third-order valence-electron chi connectivity index (χ3n) is 5.69. The number of carboxylic acid groups (broad SMARTS) is 1. The Morgan fingerprint density at radius 3 is 2.21 bits per heavy atom. The van der Waals surface area contributed by atoms with Crippen LogP contribution in [-0.2, 0) is 9.53 Å². The van der Waals surface area contributed by atoms with Crippen molar-refractivity contribution < 1.29 is 29.0 Å². The molecule has 174 valence electrons. The number of aromatic carboxylic acids is 1. The lowest BCUT2D eigenvalue weighted by molar-refractivity contribution is -0.116. The molecule has 3 aromatic carbocycles. The minimum Gasteiger partial charge on any atom is -0.495 e. The molecule has 2 amide bonds. The quantitative estimate of drug-likeness (QED) is 0.463. The zero-order valence-electron chi connectivity index (χ0n) is 18.5. The molecule has 8 nitrogen and oxygen atoms in total. The number of carboxylic acids is 1. The minimum atomic E-state index is -1.12. The molecule has 0 saturated carbocycles. The van der Waals surface area contributed by atoms with Crippen LogP contribution in [0.5, 0.6) is 5.75 Å². The van der Waals surface area contributed by atoms with Gasteiger partial charge in [-0.25, -0.2) is 9.59 Å². The van der Waals surface area contributed by atoms with Crippen LogP contribution < -0.4 is 15.4 Å². The molecule has 0 saturated heterocycles. The number of benzene rings is 3. The monoisotopic (exact) mass is 460 g/mol. The van der Waals surface area contributed by atoms with Crippen LogP contribution in [0.1, 0.15) is 33.8 Å². The van der Waals surface area contributed by atoms with Crippen molar-refractivity contribution in [2.45, 2.75) is 12.3 Å². The van der Waals surface area contributed by atoms with Gasteiger partial charge >= 0.3 is 12.1 Å². The number of amides is 2. The lowest BCUT2D eigenvalue weighted by atomic mass is 9.98. The number of nitrogens with one attached hydrogen (secondary N) is 2. The summed E-state index contributed by atoms with van der Waals surface area (Å²) in [6.45, 7) is 0.245. The lowest BCUT2D eigenvalue weighted by Crippen LogP contribution is -2.29. The number of hydrogen-bond acceptors (Lipinski definition) is 5. The van der Waals surface area contributed by atoms with E-state index in [1.165, 1.54) is 25.3 Å². The highest BCUT2D eigenvalue weighted by Crippen LogP contribution is 2.44. The molecule has 0 heterocycles. The number of carbonyl (C=O) groups excluding carboxylic acids is 2. The Hall–Kier alpha value is -4.33.